The fourth-order valence-corrected chi connectivity index (χ4v) is 3.90. The van der Waals surface area contributed by atoms with Gasteiger partial charge in [-0.3, -0.25) is 14.6 Å². The molecule has 10 heteroatoms. The maximum absolute atomic E-state index is 14.3. The van der Waals surface area contributed by atoms with E-state index in [2.05, 4.69) is 40.0 Å². The number of nitrogens with one attached hydrogen (secondary N) is 1. The molecular weight excluding hydrogens is 468 g/mol. The molecule has 0 radical (unpaired) electrons. The fraction of sp³-hybridized carbons (Fsp3) is 0.450. The Bertz CT molecular complexity index is 874. The minimum Gasteiger partial charge on any atom is -0.367 e. The van der Waals surface area contributed by atoms with Crippen molar-refractivity contribution in [1.82, 2.24) is 9.80 Å². The molecule has 164 valence electrons. The van der Waals surface area contributed by atoms with Gasteiger partial charge >= 0.3 is 6.30 Å². The highest BCUT2D eigenvalue weighted by molar-refractivity contribution is 9.10. The van der Waals surface area contributed by atoms with Crippen molar-refractivity contribution in [3.8, 4) is 0 Å². The molecule has 1 aromatic rings. The van der Waals surface area contributed by atoms with Crippen LogP contribution >= 0.6 is 15.9 Å². The normalized spacial score (nSPS) is 22.9. The van der Waals surface area contributed by atoms with Crippen LogP contribution in [0.2, 0.25) is 0 Å². The van der Waals surface area contributed by atoms with Gasteiger partial charge in [0.05, 0.1) is 21.4 Å². The number of carbonyl (C=O) groups excluding carboxylic acids is 1. The summed E-state index contributed by atoms with van der Waals surface area (Å²) in [5.74, 6) is -1.18. The largest absolute Gasteiger partial charge is 0.484 e. The second kappa shape index (κ2) is 8.58. The number of hydrogen-bond donors (Lipinski definition) is 1. The zero-order chi connectivity index (χ0) is 22.2. The summed E-state index contributed by atoms with van der Waals surface area (Å²) in [6, 6.07) is 3.17. The van der Waals surface area contributed by atoms with E-state index in [1.54, 1.807) is 0 Å². The molecule has 1 saturated heterocycles. The lowest BCUT2D eigenvalue weighted by atomic mass is 10.1. The number of hydrogen-bond acceptors (Lipinski definition) is 4. The fourth-order valence-electron chi connectivity index (χ4n) is 3.56. The van der Waals surface area contributed by atoms with E-state index in [4.69, 9.17) is 0 Å². The first kappa shape index (κ1) is 22.6. The summed E-state index contributed by atoms with van der Waals surface area (Å²) < 4.78 is 53.4. The Balaban J connectivity index is 1.89. The zero-order valence-corrected chi connectivity index (χ0v) is 18.4. The number of piperazine rings is 1. The van der Waals surface area contributed by atoms with Crippen LogP contribution in [0.4, 0.5) is 28.9 Å². The third kappa shape index (κ3) is 4.80. The number of amides is 1. The minimum absolute atomic E-state index is 0.132. The summed E-state index contributed by atoms with van der Waals surface area (Å²) in [6.45, 7) is 4.99. The van der Waals surface area contributed by atoms with Gasteiger partial charge in [0, 0.05) is 44.0 Å². The molecule has 1 N–H and O–H groups in total. The first-order valence-electron chi connectivity index (χ1n) is 9.46. The van der Waals surface area contributed by atoms with Crippen molar-refractivity contribution < 1.29 is 22.4 Å². The molecule has 2 aliphatic heterocycles. The minimum atomic E-state index is -4.58. The first-order valence-corrected chi connectivity index (χ1v) is 10.3. The van der Waals surface area contributed by atoms with Crippen molar-refractivity contribution in [3.05, 3.63) is 46.3 Å². The molecule has 1 amide bonds. The summed E-state index contributed by atoms with van der Waals surface area (Å²) in [5.41, 5.74) is 0.685. The predicted molar refractivity (Wildman–Crippen MR) is 112 cm³/mol. The molecule has 30 heavy (non-hydrogen) atoms. The van der Waals surface area contributed by atoms with Crippen molar-refractivity contribution in [2.75, 3.05) is 36.9 Å². The van der Waals surface area contributed by atoms with Crippen LogP contribution in [0.25, 0.3) is 0 Å². The summed E-state index contributed by atoms with van der Waals surface area (Å²) in [5, 5.41) is 2.65. The molecule has 2 heterocycles. The van der Waals surface area contributed by atoms with Crippen molar-refractivity contribution in [2.45, 2.75) is 32.2 Å². The lowest BCUT2D eigenvalue weighted by molar-refractivity contribution is -0.224. The Labute approximate surface area is 181 Å². The van der Waals surface area contributed by atoms with Crippen LogP contribution in [0.15, 0.2) is 40.5 Å². The lowest BCUT2D eigenvalue weighted by Crippen LogP contribution is -2.55. The van der Waals surface area contributed by atoms with Gasteiger partial charge in [-0.25, -0.2) is 4.39 Å². The van der Waals surface area contributed by atoms with Gasteiger partial charge in [0.15, 0.2) is 0 Å². The van der Waals surface area contributed by atoms with Crippen LogP contribution in [0, 0.1) is 5.82 Å². The molecule has 0 spiro atoms. The molecule has 1 aromatic carbocycles. The second-order valence-electron chi connectivity index (χ2n) is 7.61. The maximum atomic E-state index is 14.3. The summed E-state index contributed by atoms with van der Waals surface area (Å²) in [6.07, 6.45) is -1.19. The van der Waals surface area contributed by atoms with Crippen LogP contribution in [-0.2, 0) is 4.79 Å². The first-order chi connectivity index (χ1) is 14.0. The number of likely N-dealkylation sites (N-methyl/N-ethyl adjacent to an activating group) is 1. The number of carbonyl (C=O) groups is 1. The molecule has 0 aliphatic carbocycles. The maximum Gasteiger partial charge on any atom is 0.484 e. The van der Waals surface area contributed by atoms with Gasteiger partial charge in [-0.1, -0.05) is 12.2 Å². The molecule has 2 aliphatic rings. The zero-order valence-electron chi connectivity index (χ0n) is 16.8. The van der Waals surface area contributed by atoms with Crippen molar-refractivity contribution in [2.24, 2.45) is 0 Å². The van der Waals surface area contributed by atoms with Gasteiger partial charge in [0.2, 0.25) is 0 Å². The molecule has 5 nitrogen and oxygen atoms in total. The smallest absolute Gasteiger partial charge is 0.367 e. The number of halogens is 5. The SMILES string of the molecule is C[C@@H]1CN(c2cc(F)c(Br)cc2NC(=O)C2=CN(C(F)(F)F)CC=C2)C[C@H](C)N1C. The Morgan fingerprint density at radius 2 is 1.83 bits per heavy atom. The highest BCUT2D eigenvalue weighted by atomic mass is 79.9. The van der Waals surface area contributed by atoms with Crippen LogP contribution in [0.3, 0.4) is 0 Å². The standard InChI is InChI=1S/C20H23BrF4N4O/c1-12-9-28(10-13(2)27(12)3)18-8-16(22)15(21)7-17(18)26-19(30)14-5-4-6-29(11-14)20(23,24)25/h4-5,7-8,11-13H,6,9-10H2,1-3H3,(H,26,30)/t12-,13+. The summed E-state index contributed by atoms with van der Waals surface area (Å²) in [7, 11) is 2.02. The Kier molecular flexibility index (Phi) is 6.47. The van der Waals surface area contributed by atoms with Crippen LogP contribution in [-0.4, -0.2) is 60.8 Å². The molecule has 0 saturated carbocycles. The quantitative estimate of drug-likeness (QED) is 0.505. The molecule has 1 fully saturated rings. The lowest BCUT2D eigenvalue weighted by Gasteiger charge is -2.44. The Morgan fingerprint density at radius 1 is 1.20 bits per heavy atom. The van der Waals surface area contributed by atoms with Crippen molar-refractivity contribution in [1.29, 1.82) is 0 Å². The average molecular weight is 491 g/mol. The number of benzene rings is 1. The number of anilines is 2. The number of alkyl halides is 3. The average Bonchev–Trinajstić information content (AvgIpc) is 2.67. The van der Waals surface area contributed by atoms with Crippen LogP contribution < -0.4 is 10.2 Å². The van der Waals surface area contributed by atoms with Gasteiger partial charge in [0.1, 0.15) is 5.82 Å². The van der Waals surface area contributed by atoms with E-state index >= 15 is 0 Å². The second-order valence-corrected chi connectivity index (χ2v) is 8.47. The van der Waals surface area contributed by atoms with Gasteiger partial charge in [0.25, 0.3) is 5.91 Å². The summed E-state index contributed by atoms with van der Waals surface area (Å²) >= 11 is 3.12. The van der Waals surface area contributed by atoms with Gasteiger partial charge < -0.3 is 10.2 Å². The third-order valence-corrected chi connectivity index (χ3v) is 6.08. The van der Waals surface area contributed by atoms with Gasteiger partial charge in [-0.15, -0.1) is 0 Å². The van der Waals surface area contributed by atoms with E-state index < -0.39 is 18.0 Å². The van der Waals surface area contributed by atoms with Gasteiger partial charge in [-0.05, 0) is 42.9 Å². The molecule has 0 unspecified atom stereocenters. The topological polar surface area (TPSA) is 38.8 Å². The molecular formula is C20H23BrF4N4O. The van der Waals surface area contributed by atoms with Crippen molar-refractivity contribution >= 4 is 33.2 Å². The van der Waals surface area contributed by atoms with E-state index in [1.165, 1.54) is 24.3 Å². The van der Waals surface area contributed by atoms with E-state index in [0.717, 1.165) is 6.20 Å². The molecule has 0 bridgehead atoms. The third-order valence-electron chi connectivity index (χ3n) is 5.47. The molecule has 0 aromatic heterocycles. The van der Waals surface area contributed by atoms with E-state index in [9.17, 15) is 22.4 Å². The highest BCUT2D eigenvalue weighted by Gasteiger charge is 2.36. The van der Waals surface area contributed by atoms with Gasteiger partial charge in [-0.2, -0.15) is 13.2 Å². The van der Waals surface area contributed by atoms with Crippen LogP contribution in [0.5, 0.6) is 0 Å². The Morgan fingerprint density at radius 3 is 2.43 bits per heavy atom. The van der Waals surface area contributed by atoms with Crippen LogP contribution in [0.1, 0.15) is 13.8 Å². The van der Waals surface area contributed by atoms with E-state index in [-0.39, 0.29) is 33.6 Å². The van der Waals surface area contributed by atoms with Crippen molar-refractivity contribution in [3.63, 3.8) is 0 Å². The summed E-state index contributed by atoms with van der Waals surface area (Å²) in [4.78, 5) is 17.0. The molecule has 2 atom stereocenters. The monoisotopic (exact) mass is 490 g/mol. The molecule has 3 rings (SSSR count). The highest BCUT2D eigenvalue weighted by Crippen LogP contribution is 2.34. The number of rotatable bonds is 3. The van der Waals surface area contributed by atoms with E-state index in [0.29, 0.717) is 24.5 Å². The predicted octanol–water partition coefficient (Wildman–Crippen LogP) is 4.33. The number of nitrogens with zero attached hydrogens (tertiary/aromatic N) is 3. The van der Waals surface area contributed by atoms with E-state index in [1.807, 2.05) is 11.9 Å². The Hall–Kier alpha value is -2.07.